The van der Waals surface area contributed by atoms with Gasteiger partial charge in [0.25, 0.3) is 10.0 Å². The van der Waals surface area contributed by atoms with Gasteiger partial charge in [-0.05, 0) is 54.8 Å². The molecule has 7 heteroatoms. The first-order chi connectivity index (χ1) is 10.8. The Morgan fingerprint density at radius 2 is 1.91 bits per heavy atom. The number of carbonyl (C=O) groups is 1. The Labute approximate surface area is 133 Å². The van der Waals surface area contributed by atoms with Gasteiger partial charge in [-0.25, -0.2) is 12.8 Å². The maximum atomic E-state index is 13.8. The van der Waals surface area contributed by atoms with Crippen LogP contribution in [0.25, 0.3) is 0 Å². The van der Waals surface area contributed by atoms with Gasteiger partial charge in [0.15, 0.2) is 0 Å². The molecule has 1 aliphatic rings. The molecule has 0 spiro atoms. The van der Waals surface area contributed by atoms with Gasteiger partial charge in [0.1, 0.15) is 5.82 Å². The lowest BCUT2D eigenvalue weighted by molar-refractivity contribution is -0.116. The molecule has 1 aliphatic heterocycles. The molecule has 2 N–H and O–H groups in total. The van der Waals surface area contributed by atoms with Crippen molar-refractivity contribution in [3.63, 3.8) is 0 Å². The quantitative estimate of drug-likeness (QED) is 0.906. The van der Waals surface area contributed by atoms with E-state index in [2.05, 4.69) is 10.0 Å². The summed E-state index contributed by atoms with van der Waals surface area (Å²) in [4.78, 5) is 11.4. The van der Waals surface area contributed by atoms with Crippen molar-refractivity contribution >= 4 is 27.3 Å². The fraction of sp³-hybridized carbons (Fsp3) is 0.188. The Balaban J connectivity index is 1.94. The molecule has 2 aromatic rings. The fourth-order valence-electron chi connectivity index (χ4n) is 2.45. The molecule has 0 bridgehead atoms. The molecule has 3 rings (SSSR count). The molecule has 0 fully saturated rings. The molecule has 5 nitrogen and oxygen atoms in total. The summed E-state index contributed by atoms with van der Waals surface area (Å²) in [5.41, 5.74) is 2.02. The summed E-state index contributed by atoms with van der Waals surface area (Å²) < 4.78 is 40.9. The number of hydrogen-bond acceptors (Lipinski definition) is 3. The van der Waals surface area contributed by atoms with Gasteiger partial charge in [-0.2, -0.15) is 0 Å². The monoisotopic (exact) mass is 334 g/mol. The van der Waals surface area contributed by atoms with Gasteiger partial charge in [-0.15, -0.1) is 0 Å². The van der Waals surface area contributed by atoms with Gasteiger partial charge in [-0.3, -0.25) is 9.52 Å². The van der Waals surface area contributed by atoms with Crippen LogP contribution in [-0.4, -0.2) is 14.3 Å². The van der Waals surface area contributed by atoms with Gasteiger partial charge < -0.3 is 5.32 Å². The smallest absolute Gasteiger partial charge is 0.261 e. The molecule has 0 aliphatic carbocycles. The predicted octanol–water partition coefficient (Wildman–Crippen LogP) is 2.82. The minimum absolute atomic E-state index is 0.0355. The predicted molar refractivity (Wildman–Crippen MR) is 85.3 cm³/mol. The van der Waals surface area contributed by atoms with E-state index < -0.39 is 15.8 Å². The number of benzene rings is 2. The molecule has 0 saturated heterocycles. The molecule has 0 saturated carbocycles. The highest BCUT2D eigenvalue weighted by atomic mass is 32.2. The standard InChI is InChI=1S/C16H15FN2O3S/c1-10-2-5-13(17)15(8-10)19-23(21,22)12-4-6-14-11(9-12)3-7-16(20)18-14/h2,4-6,8-9,19H,3,7H2,1H3,(H,18,20). The molecule has 0 radical (unpaired) electrons. The van der Waals surface area contributed by atoms with Crippen molar-refractivity contribution in [1.82, 2.24) is 0 Å². The molecule has 2 aromatic carbocycles. The Bertz CT molecular complexity index is 894. The summed E-state index contributed by atoms with van der Waals surface area (Å²) >= 11 is 0. The fourth-order valence-corrected chi connectivity index (χ4v) is 3.56. The number of fused-ring (bicyclic) bond motifs is 1. The van der Waals surface area contributed by atoms with Crippen LogP contribution in [0.1, 0.15) is 17.5 Å². The number of amides is 1. The summed E-state index contributed by atoms with van der Waals surface area (Å²) in [5.74, 6) is -0.725. The summed E-state index contributed by atoms with van der Waals surface area (Å²) in [6, 6.07) is 8.66. The van der Waals surface area contributed by atoms with Crippen LogP contribution in [0, 0.1) is 12.7 Å². The third kappa shape index (κ3) is 3.19. The average Bonchev–Trinajstić information content (AvgIpc) is 2.50. The van der Waals surface area contributed by atoms with Crippen LogP contribution in [0.4, 0.5) is 15.8 Å². The minimum atomic E-state index is -3.90. The molecular formula is C16H15FN2O3S. The second-order valence-corrected chi connectivity index (χ2v) is 7.14. The summed E-state index contributed by atoms with van der Waals surface area (Å²) in [7, 11) is -3.90. The van der Waals surface area contributed by atoms with Crippen LogP contribution in [-0.2, 0) is 21.2 Å². The minimum Gasteiger partial charge on any atom is -0.326 e. The van der Waals surface area contributed by atoms with Crippen LogP contribution in [0.2, 0.25) is 0 Å². The SMILES string of the molecule is Cc1ccc(F)c(NS(=O)(=O)c2ccc3c(c2)CCC(=O)N3)c1. The van der Waals surface area contributed by atoms with Crippen molar-refractivity contribution in [2.45, 2.75) is 24.7 Å². The molecule has 23 heavy (non-hydrogen) atoms. The van der Waals surface area contributed by atoms with Crippen molar-refractivity contribution in [3.05, 3.63) is 53.3 Å². The molecule has 0 aromatic heterocycles. The summed E-state index contributed by atoms with van der Waals surface area (Å²) in [5, 5.41) is 2.69. The Morgan fingerprint density at radius 3 is 2.70 bits per heavy atom. The highest BCUT2D eigenvalue weighted by molar-refractivity contribution is 7.92. The van der Waals surface area contributed by atoms with Gasteiger partial charge in [0.05, 0.1) is 10.6 Å². The second-order valence-electron chi connectivity index (χ2n) is 5.46. The highest BCUT2D eigenvalue weighted by Crippen LogP contribution is 2.27. The zero-order valence-electron chi connectivity index (χ0n) is 12.4. The second kappa shape index (κ2) is 5.66. The zero-order chi connectivity index (χ0) is 16.6. The number of rotatable bonds is 3. The molecular weight excluding hydrogens is 319 g/mol. The van der Waals surface area contributed by atoms with Gasteiger partial charge >= 0.3 is 0 Å². The van der Waals surface area contributed by atoms with Gasteiger partial charge in [0, 0.05) is 12.1 Å². The van der Waals surface area contributed by atoms with E-state index in [4.69, 9.17) is 0 Å². The van der Waals surface area contributed by atoms with Crippen molar-refractivity contribution < 1.29 is 17.6 Å². The van der Waals surface area contributed by atoms with Crippen LogP contribution in [0.5, 0.6) is 0 Å². The van der Waals surface area contributed by atoms with Crippen molar-refractivity contribution in [2.75, 3.05) is 10.0 Å². The molecule has 0 unspecified atom stereocenters. The normalized spacial score (nSPS) is 14.1. The molecule has 0 atom stereocenters. The van der Waals surface area contributed by atoms with E-state index in [-0.39, 0.29) is 16.5 Å². The highest BCUT2D eigenvalue weighted by Gasteiger charge is 2.21. The first-order valence-electron chi connectivity index (χ1n) is 7.07. The van der Waals surface area contributed by atoms with Crippen LogP contribution >= 0.6 is 0 Å². The first kappa shape index (κ1) is 15.5. The third-order valence-electron chi connectivity index (χ3n) is 3.65. The average molecular weight is 334 g/mol. The Hall–Kier alpha value is -2.41. The van der Waals surface area contributed by atoms with Crippen molar-refractivity contribution in [2.24, 2.45) is 0 Å². The number of halogens is 1. The van der Waals surface area contributed by atoms with E-state index in [0.29, 0.717) is 18.5 Å². The van der Waals surface area contributed by atoms with E-state index in [1.807, 2.05) is 0 Å². The number of carbonyl (C=O) groups excluding carboxylic acids is 1. The number of aryl methyl sites for hydroxylation is 2. The molecule has 1 amide bonds. The maximum absolute atomic E-state index is 13.8. The summed E-state index contributed by atoms with van der Waals surface area (Å²) in [6.45, 7) is 1.75. The largest absolute Gasteiger partial charge is 0.326 e. The van der Waals surface area contributed by atoms with E-state index in [0.717, 1.165) is 11.1 Å². The number of anilines is 2. The zero-order valence-corrected chi connectivity index (χ0v) is 13.2. The Morgan fingerprint density at radius 1 is 1.13 bits per heavy atom. The molecule has 1 heterocycles. The van der Waals surface area contributed by atoms with Gasteiger partial charge in [0.2, 0.25) is 5.91 Å². The number of sulfonamides is 1. The lowest BCUT2D eigenvalue weighted by Gasteiger charge is -2.18. The Kier molecular flexibility index (Phi) is 3.81. The third-order valence-corrected chi connectivity index (χ3v) is 5.01. The van der Waals surface area contributed by atoms with Gasteiger partial charge in [-0.1, -0.05) is 6.07 Å². The van der Waals surface area contributed by atoms with Crippen LogP contribution < -0.4 is 10.0 Å². The van der Waals surface area contributed by atoms with Crippen molar-refractivity contribution in [3.8, 4) is 0 Å². The number of nitrogens with one attached hydrogen (secondary N) is 2. The van der Waals surface area contributed by atoms with E-state index >= 15 is 0 Å². The topological polar surface area (TPSA) is 75.3 Å². The van der Waals surface area contributed by atoms with E-state index in [1.165, 1.54) is 24.3 Å². The maximum Gasteiger partial charge on any atom is 0.261 e. The first-order valence-corrected chi connectivity index (χ1v) is 8.55. The van der Waals surface area contributed by atoms with Crippen LogP contribution in [0.15, 0.2) is 41.3 Å². The van der Waals surface area contributed by atoms with Crippen molar-refractivity contribution in [1.29, 1.82) is 0 Å². The number of hydrogen-bond donors (Lipinski definition) is 2. The van der Waals surface area contributed by atoms with E-state index in [9.17, 15) is 17.6 Å². The van der Waals surface area contributed by atoms with Crippen LogP contribution in [0.3, 0.4) is 0 Å². The lowest BCUT2D eigenvalue weighted by Crippen LogP contribution is -2.20. The summed E-state index contributed by atoms with van der Waals surface area (Å²) in [6.07, 6.45) is 0.791. The molecule has 120 valence electrons. The van der Waals surface area contributed by atoms with E-state index in [1.54, 1.807) is 19.1 Å². The lowest BCUT2D eigenvalue weighted by atomic mass is 10.0.